The lowest BCUT2D eigenvalue weighted by Gasteiger charge is -2.40. The molecule has 1 aromatic rings. The first-order valence-corrected chi connectivity index (χ1v) is 10.5. The minimum absolute atomic E-state index is 0.00569. The van der Waals surface area contributed by atoms with E-state index < -0.39 is 0 Å². The normalized spacial score (nSPS) is 25.7. The number of benzene rings is 1. The maximum Gasteiger partial charge on any atom is 0.247 e. The number of nitrogens with zero attached hydrogens (tertiary/aromatic N) is 2. The van der Waals surface area contributed by atoms with Crippen LogP contribution in [0.4, 0.5) is 0 Å². The molecule has 28 heavy (non-hydrogen) atoms. The van der Waals surface area contributed by atoms with E-state index in [0.717, 1.165) is 37.0 Å². The molecule has 1 fully saturated rings. The molecule has 0 saturated heterocycles. The van der Waals surface area contributed by atoms with E-state index in [9.17, 15) is 4.79 Å². The molecule has 0 spiro atoms. The lowest BCUT2D eigenvalue weighted by Crippen LogP contribution is -2.49. The van der Waals surface area contributed by atoms with Crippen molar-refractivity contribution in [3.05, 3.63) is 35.9 Å². The average molecular weight is 383 g/mol. The van der Waals surface area contributed by atoms with Crippen LogP contribution in [-0.2, 0) is 4.79 Å². The molecule has 3 aliphatic rings. The average Bonchev–Trinajstić information content (AvgIpc) is 3.03. The molecule has 0 bridgehead atoms. The standard InChI is InChI=1S/C23H30N2O3/c1-27-20-14-13-16(15-21(20)28-2)22-18-11-7-8-12-19(18)23(26)25(24-22)17-9-5-3-4-6-10-17/h7-8,13-15,17-19H,3-6,9-12H2,1-2H3. The Morgan fingerprint density at radius 1 is 0.929 bits per heavy atom. The second-order valence-electron chi connectivity index (χ2n) is 8.04. The number of fused-ring (bicyclic) bond motifs is 1. The van der Waals surface area contributed by atoms with Crippen molar-refractivity contribution >= 4 is 11.6 Å². The Balaban J connectivity index is 1.74. The molecule has 5 nitrogen and oxygen atoms in total. The number of amides is 1. The third-order valence-corrected chi connectivity index (χ3v) is 6.39. The zero-order valence-electron chi connectivity index (χ0n) is 16.9. The first kappa shape index (κ1) is 19.0. The topological polar surface area (TPSA) is 51.1 Å². The lowest BCUT2D eigenvalue weighted by atomic mass is 9.76. The van der Waals surface area contributed by atoms with Crippen LogP contribution in [0, 0.1) is 11.8 Å². The fourth-order valence-corrected chi connectivity index (χ4v) is 4.83. The Bertz CT molecular complexity index is 778. The largest absolute Gasteiger partial charge is 0.493 e. The summed E-state index contributed by atoms with van der Waals surface area (Å²) in [7, 11) is 3.29. The van der Waals surface area contributed by atoms with Crippen LogP contribution in [0.3, 0.4) is 0 Å². The molecule has 0 aromatic heterocycles. The highest BCUT2D eigenvalue weighted by atomic mass is 16.5. The summed E-state index contributed by atoms with van der Waals surface area (Å²) in [6.07, 6.45) is 13.0. The number of hydrogen-bond donors (Lipinski definition) is 0. The fraction of sp³-hybridized carbons (Fsp3) is 0.565. The zero-order valence-corrected chi connectivity index (χ0v) is 16.9. The number of hydrogen-bond acceptors (Lipinski definition) is 4. The lowest BCUT2D eigenvalue weighted by molar-refractivity contribution is -0.140. The van der Waals surface area contributed by atoms with Crippen LogP contribution < -0.4 is 9.47 Å². The van der Waals surface area contributed by atoms with Gasteiger partial charge in [0.15, 0.2) is 11.5 Å². The molecule has 150 valence electrons. The van der Waals surface area contributed by atoms with Gasteiger partial charge in [-0.15, -0.1) is 0 Å². The monoisotopic (exact) mass is 382 g/mol. The van der Waals surface area contributed by atoms with E-state index in [1.165, 1.54) is 25.7 Å². The van der Waals surface area contributed by atoms with Gasteiger partial charge in [-0.05, 0) is 43.9 Å². The van der Waals surface area contributed by atoms with E-state index in [1.807, 2.05) is 23.2 Å². The molecule has 1 heterocycles. The summed E-state index contributed by atoms with van der Waals surface area (Å²) in [5.41, 5.74) is 2.04. The van der Waals surface area contributed by atoms with Crippen molar-refractivity contribution in [1.82, 2.24) is 5.01 Å². The number of allylic oxidation sites excluding steroid dienone is 2. The van der Waals surface area contributed by atoms with Gasteiger partial charge in [0.1, 0.15) is 0 Å². The van der Waals surface area contributed by atoms with Gasteiger partial charge in [0.05, 0.1) is 31.9 Å². The highest BCUT2D eigenvalue weighted by Crippen LogP contribution is 2.38. The molecule has 1 amide bonds. The van der Waals surface area contributed by atoms with Crippen molar-refractivity contribution in [1.29, 1.82) is 0 Å². The van der Waals surface area contributed by atoms with Gasteiger partial charge in [0.25, 0.3) is 0 Å². The summed E-state index contributed by atoms with van der Waals surface area (Å²) in [5.74, 6) is 1.75. The van der Waals surface area contributed by atoms with Crippen molar-refractivity contribution in [2.75, 3.05) is 14.2 Å². The Labute approximate surface area is 167 Å². The van der Waals surface area contributed by atoms with Crippen LogP contribution in [-0.4, -0.2) is 36.9 Å². The fourth-order valence-electron chi connectivity index (χ4n) is 4.83. The quantitative estimate of drug-likeness (QED) is 0.567. The number of ether oxygens (including phenoxy) is 2. The molecule has 5 heteroatoms. The van der Waals surface area contributed by atoms with Crippen LogP contribution >= 0.6 is 0 Å². The molecular weight excluding hydrogens is 352 g/mol. The van der Waals surface area contributed by atoms with Gasteiger partial charge in [0.2, 0.25) is 5.91 Å². The molecule has 2 unspecified atom stereocenters. The van der Waals surface area contributed by atoms with Gasteiger partial charge in [-0.3, -0.25) is 4.79 Å². The molecule has 0 N–H and O–H groups in total. The number of carbonyl (C=O) groups is 1. The van der Waals surface area contributed by atoms with Crippen molar-refractivity contribution in [3.8, 4) is 11.5 Å². The van der Waals surface area contributed by atoms with Gasteiger partial charge in [-0.1, -0.05) is 37.8 Å². The van der Waals surface area contributed by atoms with E-state index in [0.29, 0.717) is 11.5 Å². The second kappa shape index (κ2) is 8.38. The Hall–Kier alpha value is -2.30. The molecule has 1 aliphatic heterocycles. The summed E-state index contributed by atoms with van der Waals surface area (Å²) >= 11 is 0. The highest BCUT2D eigenvalue weighted by Gasteiger charge is 2.42. The zero-order chi connectivity index (χ0) is 19.5. The number of hydrazone groups is 1. The van der Waals surface area contributed by atoms with Crippen molar-refractivity contribution < 1.29 is 14.3 Å². The van der Waals surface area contributed by atoms with Gasteiger partial charge in [-0.2, -0.15) is 5.10 Å². The summed E-state index contributed by atoms with van der Waals surface area (Å²) in [4.78, 5) is 13.3. The molecule has 2 aliphatic carbocycles. The van der Waals surface area contributed by atoms with Gasteiger partial charge in [-0.25, -0.2) is 5.01 Å². The summed E-state index contributed by atoms with van der Waals surface area (Å²) in [6.45, 7) is 0. The highest BCUT2D eigenvalue weighted by molar-refractivity contribution is 6.07. The first-order chi connectivity index (χ1) is 13.7. The molecule has 1 saturated carbocycles. The van der Waals surface area contributed by atoms with Crippen LogP contribution in [0.2, 0.25) is 0 Å². The van der Waals surface area contributed by atoms with E-state index in [-0.39, 0.29) is 23.8 Å². The predicted molar refractivity (Wildman–Crippen MR) is 110 cm³/mol. The van der Waals surface area contributed by atoms with Gasteiger partial charge < -0.3 is 9.47 Å². The molecule has 1 aromatic carbocycles. The van der Waals surface area contributed by atoms with Crippen LogP contribution in [0.15, 0.2) is 35.5 Å². The molecule has 2 atom stereocenters. The summed E-state index contributed by atoms with van der Waals surface area (Å²) in [6, 6.07) is 6.19. The molecule has 0 radical (unpaired) electrons. The Kier molecular flexibility index (Phi) is 5.69. The van der Waals surface area contributed by atoms with Crippen molar-refractivity contribution in [3.63, 3.8) is 0 Å². The van der Waals surface area contributed by atoms with E-state index in [2.05, 4.69) is 12.2 Å². The molecular formula is C23H30N2O3. The Morgan fingerprint density at radius 3 is 2.29 bits per heavy atom. The van der Waals surface area contributed by atoms with E-state index in [1.54, 1.807) is 14.2 Å². The van der Waals surface area contributed by atoms with Crippen LogP contribution in [0.25, 0.3) is 0 Å². The molecule has 4 rings (SSSR count). The minimum Gasteiger partial charge on any atom is -0.493 e. The van der Waals surface area contributed by atoms with E-state index >= 15 is 0 Å². The second-order valence-corrected chi connectivity index (χ2v) is 8.04. The van der Waals surface area contributed by atoms with Crippen LogP contribution in [0.1, 0.15) is 56.9 Å². The first-order valence-electron chi connectivity index (χ1n) is 10.5. The van der Waals surface area contributed by atoms with Crippen molar-refractivity contribution in [2.45, 2.75) is 57.4 Å². The summed E-state index contributed by atoms with van der Waals surface area (Å²) in [5, 5.41) is 6.83. The maximum absolute atomic E-state index is 13.3. The van der Waals surface area contributed by atoms with Crippen LogP contribution in [0.5, 0.6) is 11.5 Å². The smallest absolute Gasteiger partial charge is 0.247 e. The summed E-state index contributed by atoms with van der Waals surface area (Å²) < 4.78 is 10.9. The van der Waals surface area contributed by atoms with E-state index in [4.69, 9.17) is 14.6 Å². The maximum atomic E-state index is 13.3. The third kappa shape index (κ3) is 3.54. The van der Waals surface area contributed by atoms with Gasteiger partial charge >= 0.3 is 0 Å². The van der Waals surface area contributed by atoms with Crippen molar-refractivity contribution in [2.24, 2.45) is 16.9 Å². The predicted octanol–water partition coefficient (Wildman–Crippen LogP) is 4.56. The third-order valence-electron chi connectivity index (χ3n) is 6.39. The number of methoxy groups -OCH3 is 2. The minimum atomic E-state index is -0.00569. The SMILES string of the molecule is COc1ccc(C2=NN(C3CCCCCC3)C(=O)C3CC=CCC23)cc1OC. The Morgan fingerprint density at radius 2 is 1.61 bits per heavy atom. The number of carbonyl (C=O) groups excluding carboxylic acids is 1. The van der Waals surface area contributed by atoms with Gasteiger partial charge in [0, 0.05) is 11.5 Å². The number of rotatable bonds is 4.